The van der Waals surface area contributed by atoms with Gasteiger partial charge in [0.1, 0.15) is 5.76 Å². The van der Waals surface area contributed by atoms with Crippen molar-refractivity contribution < 1.29 is 9.52 Å². The summed E-state index contributed by atoms with van der Waals surface area (Å²) >= 11 is 0. The third-order valence-corrected chi connectivity index (χ3v) is 5.82. The first-order valence-corrected chi connectivity index (χ1v) is 10.1. The first-order valence-electron chi connectivity index (χ1n) is 10.1. The van der Waals surface area contributed by atoms with Gasteiger partial charge >= 0.3 is 0 Å². The standard InChI is InChI=1S/C24H28N2O2/c1-17-4-3-14-26(17)15-13-23-18(2)28-24(25-23)22-11-9-21(10-12-22)20-7-5-19(16-27)6-8-20/h5-12,17,27H,3-4,13-16H2,1-2H3/t17-/m1/s1. The van der Waals surface area contributed by atoms with Crippen molar-refractivity contribution in [3.8, 4) is 22.6 Å². The molecule has 0 bridgehead atoms. The molecule has 1 aliphatic heterocycles. The number of rotatable bonds is 6. The molecule has 0 spiro atoms. The number of aliphatic hydroxyl groups is 1. The molecule has 4 heteroatoms. The van der Waals surface area contributed by atoms with Crippen LogP contribution in [-0.2, 0) is 13.0 Å². The Balaban J connectivity index is 1.46. The monoisotopic (exact) mass is 376 g/mol. The van der Waals surface area contributed by atoms with E-state index in [0.29, 0.717) is 11.9 Å². The lowest BCUT2D eigenvalue weighted by Crippen LogP contribution is -2.29. The number of aromatic nitrogens is 1. The van der Waals surface area contributed by atoms with Crippen LogP contribution in [0.2, 0.25) is 0 Å². The quantitative estimate of drug-likeness (QED) is 0.669. The molecule has 28 heavy (non-hydrogen) atoms. The predicted octanol–water partition coefficient (Wildman–Crippen LogP) is 4.84. The van der Waals surface area contributed by atoms with Crippen molar-refractivity contribution in [2.24, 2.45) is 0 Å². The zero-order valence-electron chi connectivity index (χ0n) is 16.7. The van der Waals surface area contributed by atoms with Gasteiger partial charge in [-0.15, -0.1) is 0 Å². The lowest BCUT2D eigenvalue weighted by atomic mass is 10.0. The van der Waals surface area contributed by atoms with Crippen molar-refractivity contribution in [2.45, 2.75) is 45.8 Å². The Morgan fingerprint density at radius 3 is 2.29 bits per heavy atom. The lowest BCUT2D eigenvalue weighted by Gasteiger charge is -2.20. The summed E-state index contributed by atoms with van der Waals surface area (Å²) < 4.78 is 5.96. The van der Waals surface area contributed by atoms with Crippen LogP contribution in [0.15, 0.2) is 52.9 Å². The molecule has 3 aromatic rings. The summed E-state index contributed by atoms with van der Waals surface area (Å²) in [6.45, 7) is 6.65. The molecule has 0 aliphatic carbocycles. The summed E-state index contributed by atoms with van der Waals surface area (Å²) in [7, 11) is 0. The number of hydrogen-bond acceptors (Lipinski definition) is 4. The molecule has 1 N–H and O–H groups in total. The first kappa shape index (κ1) is 18.9. The van der Waals surface area contributed by atoms with Crippen molar-refractivity contribution >= 4 is 0 Å². The Bertz CT molecular complexity index is 913. The van der Waals surface area contributed by atoms with E-state index in [1.165, 1.54) is 19.4 Å². The maximum absolute atomic E-state index is 9.18. The van der Waals surface area contributed by atoms with E-state index in [1.807, 2.05) is 31.2 Å². The molecule has 4 rings (SSSR count). The maximum Gasteiger partial charge on any atom is 0.226 e. The van der Waals surface area contributed by atoms with E-state index in [0.717, 1.165) is 46.7 Å². The summed E-state index contributed by atoms with van der Waals surface area (Å²) in [4.78, 5) is 7.32. The smallest absolute Gasteiger partial charge is 0.226 e. The second-order valence-electron chi connectivity index (χ2n) is 7.73. The minimum absolute atomic E-state index is 0.0712. The van der Waals surface area contributed by atoms with Crippen LogP contribution in [0.5, 0.6) is 0 Å². The minimum Gasteiger partial charge on any atom is -0.441 e. The highest BCUT2D eigenvalue weighted by Gasteiger charge is 2.21. The summed E-state index contributed by atoms with van der Waals surface area (Å²) in [5.74, 6) is 1.62. The van der Waals surface area contributed by atoms with E-state index in [-0.39, 0.29) is 6.61 Å². The molecule has 1 saturated heterocycles. The highest BCUT2D eigenvalue weighted by molar-refractivity contribution is 5.67. The van der Waals surface area contributed by atoms with Crippen LogP contribution in [0.3, 0.4) is 0 Å². The van der Waals surface area contributed by atoms with Crippen LogP contribution >= 0.6 is 0 Å². The molecule has 2 heterocycles. The Morgan fingerprint density at radius 2 is 1.68 bits per heavy atom. The lowest BCUT2D eigenvalue weighted by molar-refractivity contribution is 0.271. The van der Waals surface area contributed by atoms with Crippen molar-refractivity contribution in [1.82, 2.24) is 9.88 Å². The maximum atomic E-state index is 9.18. The van der Waals surface area contributed by atoms with E-state index >= 15 is 0 Å². The number of aryl methyl sites for hydroxylation is 1. The summed E-state index contributed by atoms with van der Waals surface area (Å²) in [5, 5.41) is 9.18. The molecule has 146 valence electrons. The molecule has 4 nitrogen and oxygen atoms in total. The van der Waals surface area contributed by atoms with Gasteiger partial charge in [-0.3, -0.25) is 0 Å². The average Bonchev–Trinajstić information content (AvgIpc) is 3.31. The summed E-state index contributed by atoms with van der Waals surface area (Å²) in [5.41, 5.74) is 5.26. The number of oxazole rings is 1. The zero-order valence-corrected chi connectivity index (χ0v) is 16.7. The predicted molar refractivity (Wildman–Crippen MR) is 112 cm³/mol. The van der Waals surface area contributed by atoms with Gasteiger partial charge in [0.2, 0.25) is 5.89 Å². The number of benzene rings is 2. The van der Waals surface area contributed by atoms with E-state index in [2.05, 4.69) is 36.1 Å². The Hall–Kier alpha value is -2.43. The second-order valence-corrected chi connectivity index (χ2v) is 7.73. The minimum atomic E-state index is 0.0712. The van der Waals surface area contributed by atoms with Crippen LogP contribution in [0.1, 0.15) is 36.8 Å². The zero-order chi connectivity index (χ0) is 19.5. The SMILES string of the molecule is Cc1oc(-c2ccc(-c3ccc(CO)cc3)cc2)nc1CCN1CCC[C@H]1C. The topological polar surface area (TPSA) is 49.5 Å². The van der Waals surface area contributed by atoms with Crippen LogP contribution in [0.25, 0.3) is 22.6 Å². The summed E-state index contributed by atoms with van der Waals surface area (Å²) in [6.07, 6.45) is 3.55. The Kier molecular flexibility index (Phi) is 5.60. The fourth-order valence-electron chi connectivity index (χ4n) is 3.97. The molecule has 0 radical (unpaired) electrons. The Labute approximate surface area is 166 Å². The van der Waals surface area contributed by atoms with Gasteiger partial charge in [0.05, 0.1) is 12.3 Å². The molecular weight excluding hydrogens is 348 g/mol. The molecular formula is C24H28N2O2. The van der Waals surface area contributed by atoms with Crippen LogP contribution in [0, 0.1) is 6.92 Å². The average molecular weight is 377 g/mol. The van der Waals surface area contributed by atoms with Gasteiger partial charge in [0.25, 0.3) is 0 Å². The molecule has 1 atom stereocenters. The van der Waals surface area contributed by atoms with Gasteiger partial charge in [0.15, 0.2) is 0 Å². The van der Waals surface area contributed by atoms with Crippen LogP contribution < -0.4 is 0 Å². The normalized spacial score (nSPS) is 17.3. The third-order valence-electron chi connectivity index (χ3n) is 5.82. The largest absolute Gasteiger partial charge is 0.441 e. The van der Waals surface area contributed by atoms with Gasteiger partial charge in [0, 0.05) is 24.6 Å². The van der Waals surface area contributed by atoms with Crippen molar-refractivity contribution in [3.05, 3.63) is 65.5 Å². The molecule has 1 fully saturated rings. The van der Waals surface area contributed by atoms with E-state index in [1.54, 1.807) is 0 Å². The molecule has 1 aliphatic rings. The molecule has 0 amide bonds. The number of aliphatic hydroxyl groups excluding tert-OH is 1. The van der Waals surface area contributed by atoms with Gasteiger partial charge in [-0.2, -0.15) is 0 Å². The number of nitrogens with zero attached hydrogens (tertiary/aromatic N) is 2. The van der Waals surface area contributed by atoms with Crippen molar-refractivity contribution in [3.63, 3.8) is 0 Å². The number of likely N-dealkylation sites (tertiary alicyclic amines) is 1. The van der Waals surface area contributed by atoms with Crippen LogP contribution in [-0.4, -0.2) is 34.1 Å². The second kappa shape index (κ2) is 8.29. The number of hydrogen-bond donors (Lipinski definition) is 1. The van der Waals surface area contributed by atoms with Crippen molar-refractivity contribution in [2.75, 3.05) is 13.1 Å². The van der Waals surface area contributed by atoms with E-state index in [4.69, 9.17) is 9.40 Å². The van der Waals surface area contributed by atoms with Crippen molar-refractivity contribution in [1.29, 1.82) is 0 Å². The highest BCUT2D eigenvalue weighted by atomic mass is 16.4. The van der Waals surface area contributed by atoms with Gasteiger partial charge in [-0.25, -0.2) is 4.98 Å². The third kappa shape index (κ3) is 4.03. The molecule has 1 aromatic heterocycles. The van der Waals surface area contributed by atoms with E-state index < -0.39 is 0 Å². The molecule has 0 saturated carbocycles. The molecule has 0 unspecified atom stereocenters. The fraction of sp³-hybridized carbons (Fsp3) is 0.375. The van der Waals surface area contributed by atoms with Gasteiger partial charge in [-0.1, -0.05) is 36.4 Å². The van der Waals surface area contributed by atoms with Gasteiger partial charge in [-0.05, 0) is 62.1 Å². The van der Waals surface area contributed by atoms with Crippen LogP contribution in [0.4, 0.5) is 0 Å². The first-order chi connectivity index (χ1) is 13.6. The summed E-state index contributed by atoms with van der Waals surface area (Å²) in [6, 6.07) is 17.0. The van der Waals surface area contributed by atoms with Gasteiger partial charge < -0.3 is 14.4 Å². The highest BCUT2D eigenvalue weighted by Crippen LogP contribution is 2.27. The molecule has 2 aromatic carbocycles. The Morgan fingerprint density at radius 1 is 1.04 bits per heavy atom. The van der Waals surface area contributed by atoms with E-state index in [9.17, 15) is 5.11 Å². The fourth-order valence-corrected chi connectivity index (χ4v) is 3.97.